The van der Waals surface area contributed by atoms with E-state index in [4.69, 9.17) is 5.11 Å². The first-order chi connectivity index (χ1) is 6.24. The van der Waals surface area contributed by atoms with Crippen LogP contribution in [0.4, 0.5) is 0 Å². The van der Waals surface area contributed by atoms with Crippen LogP contribution in [0.25, 0.3) is 0 Å². The molecule has 0 aliphatic carbocycles. The Balaban J connectivity index is 2.52. The van der Waals surface area contributed by atoms with Gasteiger partial charge in [0.2, 0.25) is 0 Å². The van der Waals surface area contributed by atoms with Gasteiger partial charge in [0.15, 0.2) is 0 Å². The maximum absolute atomic E-state index is 10.8. The Hall–Kier alpha value is -1.25. The highest BCUT2D eigenvalue weighted by Gasteiger charge is 2.16. The topological polar surface area (TPSA) is 53.1 Å². The number of H-pyrrole nitrogens is 1. The van der Waals surface area contributed by atoms with Crippen LogP contribution >= 0.6 is 0 Å². The van der Waals surface area contributed by atoms with Crippen LogP contribution in [0.2, 0.25) is 0 Å². The predicted octanol–water partition coefficient (Wildman–Crippen LogP) is 2.06. The SMILES string of the molecule is CCCC(Cc1ccc[nH]1)C(=O)O. The molecule has 1 heterocycles. The molecular weight excluding hydrogens is 166 g/mol. The molecule has 1 aromatic heterocycles. The second-order valence-electron chi connectivity index (χ2n) is 3.22. The molecule has 0 spiro atoms. The van der Waals surface area contributed by atoms with Gasteiger partial charge in [-0.05, 0) is 18.6 Å². The smallest absolute Gasteiger partial charge is 0.306 e. The Morgan fingerprint density at radius 2 is 2.46 bits per heavy atom. The summed E-state index contributed by atoms with van der Waals surface area (Å²) in [6.45, 7) is 2.00. The molecule has 0 fully saturated rings. The van der Waals surface area contributed by atoms with E-state index in [9.17, 15) is 4.79 Å². The summed E-state index contributed by atoms with van der Waals surface area (Å²) in [7, 11) is 0. The number of nitrogens with one attached hydrogen (secondary N) is 1. The van der Waals surface area contributed by atoms with Crippen molar-refractivity contribution in [2.24, 2.45) is 5.92 Å². The van der Waals surface area contributed by atoms with Gasteiger partial charge in [0.05, 0.1) is 5.92 Å². The largest absolute Gasteiger partial charge is 0.481 e. The van der Waals surface area contributed by atoms with E-state index in [1.165, 1.54) is 0 Å². The summed E-state index contributed by atoms with van der Waals surface area (Å²) < 4.78 is 0. The number of rotatable bonds is 5. The molecule has 1 rings (SSSR count). The summed E-state index contributed by atoms with van der Waals surface area (Å²) in [4.78, 5) is 13.8. The van der Waals surface area contributed by atoms with E-state index < -0.39 is 5.97 Å². The lowest BCUT2D eigenvalue weighted by Gasteiger charge is -2.09. The van der Waals surface area contributed by atoms with Gasteiger partial charge in [0.1, 0.15) is 0 Å². The summed E-state index contributed by atoms with van der Waals surface area (Å²) in [5, 5.41) is 8.89. The number of aromatic amines is 1. The van der Waals surface area contributed by atoms with E-state index in [2.05, 4.69) is 4.98 Å². The second kappa shape index (κ2) is 4.70. The standard InChI is InChI=1S/C10H15NO2/c1-2-4-8(10(12)13)7-9-5-3-6-11-9/h3,5-6,8,11H,2,4,7H2,1H3,(H,12,13). The van der Waals surface area contributed by atoms with E-state index in [0.717, 1.165) is 18.5 Å². The summed E-state index contributed by atoms with van der Waals surface area (Å²) in [5.74, 6) is -0.944. The van der Waals surface area contributed by atoms with E-state index in [-0.39, 0.29) is 5.92 Å². The van der Waals surface area contributed by atoms with Crippen molar-refractivity contribution in [1.82, 2.24) is 4.98 Å². The van der Waals surface area contributed by atoms with Gasteiger partial charge in [-0.3, -0.25) is 4.79 Å². The van der Waals surface area contributed by atoms with Crippen molar-refractivity contribution in [3.63, 3.8) is 0 Å². The van der Waals surface area contributed by atoms with Crippen LogP contribution in [-0.4, -0.2) is 16.1 Å². The fourth-order valence-corrected chi connectivity index (χ4v) is 1.42. The number of hydrogen-bond acceptors (Lipinski definition) is 1. The molecule has 0 saturated heterocycles. The Bertz CT molecular complexity index is 254. The van der Waals surface area contributed by atoms with E-state index >= 15 is 0 Å². The lowest BCUT2D eigenvalue weighted by Crippen LogP contribution is -2.16. The molecule has 0 radical (unpaired) electrons. The molecule has 1 unspecified atom stereocenters. The average molecular weight is 181 g/mol. The zero-order chi connectivity index (χ0) is 9.68. The number of aliphatic carboxylic acids is 1. The van der Waals surface area contributed by atoms with Crippen LogP contribution in [-0.2, 0) is 11.2 Å². The highest BCUT2D eigenvalue weighted by Crippen LogP contribution is 2.12. The molecule has 3 heteroatoms. The Labute approximate surface area is 77.8 Å². The first-order valence-electron chi connectivity index (χ1n) is 4.59. The molecular formula is C10H15NO2. The Kier molecular flexibility index (Phi) is 3.55. The molecule has 3 nitrogen and oxygen atoms in total. The Morgan fingerprint density at radius 3 is 2.92 bits per heavy atom. The van der Waals surface area contributed by atoms with Gasteiger partial charge in [-0.15, -0.1) is 0 Å². The molecule has 0 amide bonds. The van der Waals surface area contributed by atoms with Gasteiger partial charge in [0.25, 0.3) is 0 Å². The molecule has 1 atom stereocenters. The molecule has 0 aliphatic heterocycles. The number of hydrogen-bond donors (Lipinski definition) is 2. The molecule has 0 saturated carbocycles. The van der Waals surface area contributed by atoms with Crippen molar-refractivity contribution < 1.29 is 9.90 Å². The van der Waals surface area contributed by atoms with Crippen molar-refractivity contribution in [2.45, 2.75) is 26.2 Å². The molecule has 0 bridgehead atoms. The third-order valence-electron chi connectivity index (χ3n) is 2.12. The first kappa shape index (κ1) is 9.84. The molecule has 13 heavy (non-hydrogen) atoms. The van der Waals surface area contributed by atoms with E-state index in [0.29, 0.717) is 6.42 Å². The van der Waals surface area contributed by atoms with Crippen LogP contribution in [0, 0.1) is 5.92 Å². The minimum Gasteiger partial charge on any atom is -0.481 e. The number of aromatic nitrogens is 1. The zero-order valence-corrected chi connectivity index (χ0v) is 7.79. The van der Waals surface area contributed by atoms with E-state index in [1.54, 1.807) is 0 Å². The predicted molar refractivity (Wildman–Crippen MR) is 50.5 cm³/mol. The van der Waals surface area contributed by atoms with Crippen LogP contribution in [0.3, 0.4) is 0 Å². The number of carbonyl (C=O) groups is 1. The highest BCUT2D eigenvalue weighted by molar-refractivity contribution is 5.70. The fraction of sp³-hybridized carbons (Fsp3) is 0.500. The average Bonchev–Trinajstić information content (AvgIpc) is 2.56. The summed E-state index contributed by atoms with van der Waals surface area (Å²) in [6.07, 6.45) is 4.09. The summed E-state index contributed by atoms with van der Waals surface area (Å²) in [5.41, 5.74) is 1.00. The van der Waals surface area contributed by atoms with Gasteiger partial charge >= 0.3 is 5.97 Å². The molecule has 1 aromatic rings. The third-order valence-corrected chi connectivity index (χ3v) is 2.12. The van der Waals surface area contributed by atoms with Gasteiger partial charge in [-0.1, -0.05) is 13.3 Å². The van der Waals surface area contributed by atoms with Crippen molar-refractivity contribution in [2.75, 3.05) is 0 Å². The molecule has 0 aromatic carbocycles. The molecule has 72 valence electrons. The van der Waals surface area contributed by atoms with Crippen LogP contribution < -0.4 is 0 Å². The van der Waals surface area contributed by atoms with Crippen LogP contribution in [0.5, 0.6) is 0 Å². The van der Waals surface area contributed by atoms with Crippen molar-refractivity contribution >= 4 is 5.97 Å². The zero-order valence-electron chi connectivity index (χ0n) is 7.79. The summed E-state index contributed by atoms with van der Waals surface area (Å²) >= 11 is 0. The lowest BCUT2D eigenvalue weighted by atomic mass is 9.98. The lowest BCUT2D eigenvalue weighted by molar-refractivity contribution is -0.141. The van der Waals surface area contributed by atoms with Gasteiger partial charge in [0, 0.05) is 18.3 Å². The maximum atomic E-state index is 10.8. The molecule has 0 aliphatic rings. The van der Waals surface area contributed by atoms with Crippen LogP contribution in [0.1, 0.15) is 25.5 Å². The number of carboxylic acid groups (broad SMARTS) is 1. The highest BCUT2D eigenvalue weighted by atomic mass is 16.4. The number of carboxylic acids is 1. The van der Waals surface area contributed by atoms with Gasteiger partial charge in [-0.25, -0.2) is 0 Å². The first-order valence-corrected chi connectivity index (χ1v) is 4.59. The van der Waals surface area contributed by atoms with E-state index in [1.807, 2.05) is 25.3 Å². The van der Waals surface area contributed by atoms with Crippen molar-refractivity contribution in [3.8, 4) is 0 Å². The van der Waals surface area contributed by atoms with Crippen LogP contribution in [0.15, 0.2) is 18.3 Å². The second-order valence-corrected chi connectivity index (χ2v) is 3.22. The van der Waals surface area contributed by atoms with Gasteiger partial charge < -0.3 is 10.1 Å². The monoisotopic (exact) mass is 181 g/mol. The Morgan fingerprint density at radius 1 is 1.69 bits per heavy atom. The van der Waals surface area contributed by atoms with Crippen molar-refractivity contribution in [1.29, 1.82) is 0 Å². The fourth-order valence-electron chi connectivity index (χ4n) is 1.42. The minimum atomic E-state index is -0.698. The molecule has 2 N–H and O–H groups in total. The third kappa shape index (κ3) is 2.93. The van der Waals surface area contributed by atoms with Crippen molar-refractivity contribution in [3.05, 3.63) is 24.0 Å². The quantitative estimate of drug-likeness (QED) is 0.730. The summed E-state index contributed by atoms with van der Waals surface area (Å²) in [6, 6.07) is 3.81. The minimum absolute atomic E-state index is 0.247. The maximum Gasteiger partial charge on any atom is 0.306 e. The normalized spacial score (nSPS) is 12.7. The van der Waals surface area contributed by atoms with Gasteiger partial charge in [-0.2, -0.15) is 0 Å².